The Balaban J connectivity index is 2.76. The van der Waals surface area contributed by atoms with Crippen LogP contribution in [0.25, 0.3) is 0 Å². The van der Waals surface area contributed by atoms with Crippen LogP contribution >= 0.6 is 0 Å². The summed E-state index contributed by atoms with van der Waals surface area (Å²) in [6.45, 7) is 19.0. The van der Waals surface area contributed by atoms with Crippen LogP contribution in [0.5, 0.6) is 0 Å². The number of primary amides is 1. The van der Waals surface area contributed by atoms with Gasteiger partial charge in [0.15, 0.2) is 0 Å². The van der Waals surface area contributed by atoms with Crippen molar-refractivity contribution in [3.8, 4) is 0 Å². The molecule has 0 radical (unpaired) electrons. The molecule has 0 aliphatic heterocycles. The number of carbonyl (C=O) groups is 4. The summed E-state index contributed by atoms with van der Waals surface area (Å²) in [5.41, 5.74) is 9.57. The van der Waals surface area contributed by atoms with Gasteiger partial charge < -0.3 is 26.0 Å². The predicted molar refractivity (Wildman–Crippen MR) is 175 cm³/mol. The quantitative estimate of drug-likeness (QED) is 0.242. The zero-order chi connectivity index (χ0) is 33.4. The Bertz CT molecular complexity index is 1290. The topological polar surface area (TPSA) is 131 Å². The molecule has 0 saturated carbocycles. The second-order valence-electron chi connectivity index (χ2n) is 13.2. The Hall–Kier alpha value is -3.88. The average molecular weight is 609 g/mol. The van der Waals surface area contributed by atoms with E-state index < -0.39 is 41.6 Å². The van der Waals surface area contributed by atoms with Gasteiger partial charge in [0.05, 0.1) is 0 Å². The standard InChI is InChI=1S/C35H52N4O5/c1-21(2)17-18-26(7)39(33(42)27(19-20-28(36)40)37-34(43)44-35(8,9)10)31(29-22(3)13-11-14-23(29)4)32(41)38-30-24(5)15-12-16-25(30)6/h11-16,21,26-27,31H,17-20H2,1-10H3,(H2,36,40)(H,37,43)(H,38,41). The fourth-order valence-electron chi connectivity index (χ4n) is 5.34. The number of carbonyl (C=O) groups excluding carboxylic acids is 4. The number of para-hydroxylation sites is 1. The van der Waals surface area contributed by atoms with Gasteiger partial charge >= 0.3 is 6.09 Å². The summed E-state index contributed by atoms with van der Waals surface area (Å²) >= 11 is 0. The van der Waals surface area contributed by atoms with E-state index >= 15 is 0 Å². The van der Waals surface area contributed by atoms with Gasteiger partial charge in [0, 0.05) is 18.2 Å². The zero-order valence-corrected chi connectivity index (χ0v) is 28.2. The number of nitrogens with zero attached hydrogens (tertiary/aromatic N) is 1. The fraction of sp³-hybridized carbons (Fsp3) is 0.543. The van der Waals surface area contributed by atoms with Crippen molar-refractivity contribution in [1.82, 2.24) is 10.2 Å². The Kier molecular flexibility index (Phi) is 13.0. The molecule has 0 aromatic heterocycles. The van der Waals surface area contributed by atoms with Crippen LogP contribution < -0.4 is 16.4 Å². The molecule has 0 bridgehead atoms. The van der Waals surface area contributed by atoms with Gasteiger partial charge in [0.2, 0.25) is 11.8 Å². The molecule has 0 aliphatic carbocycles. The van der Waals surface area contributed by atoms with E-state index in [4.69, 9.17) is 10.5 Å². The van der Waals surface area contributed by atoms with Crippen molar-refractivity contribution in [3.63, 3.8) is 0 Å². The van der Waals surface area contributed by atoms with Crippen molar-refractivity contribution in [2.75, 3.05) is 5.32 Å². The van der Waals surface area contributed by atoms with Crippen LogP contribution in [0.15, 0.2) is 36.4 Å². The van der Waals surface area contributed by atoms with Crippen molar-refractivity contribution in [2.24, 2.45) is 11.7 Å². The largest absolute Gasteiger partial charge is 0.444 e. The van der Waals surface area contributed by atoms with Crippen molar-refractivity contribution in [1.29, 1.82) is 0 Å². The van der Waals surface area contributed by atoms with E-state index in [2.05, 4.69) is 24.5 Å². The van der Waals surface area contributed by atoms with Crippen LogP contribution in [0.4, 0.5) is 10.5 Å². The molecule has 4 N–H and O–H groups in total. The summed E-state index contributed by atoms with van der Waals surface area (Å²) < 4.78 is 5.46. The number of amides is 4. The highest BCUT2D eigenvalue weighted by atomic mass is 16.6. The molecule has 0 aliphatic rings. The lowest BCUT2D eigenvalue weighted by Crippen LogP contribution is -2.55. The highest BCUT2D eigenvalue weighted by Gasteiger charge is 2.40. The highest BCUT2D eigenvalue weighted by Crippen LogP contribution is 2.33. The van der Waals surface area contributed by atoms with Crippen LogP contribution in [-0.2, 0) is 19.1 Å². The third-order valence-corrected chi connectivity index (χ3v) is 7.63. The Labute approximate surface area is 263 Å². The van der Waals surface area contributed by atoms with E-state index in [1.54, 1.807) is 25.7 Å². The first kappa shape index (κ1) is 36.3. The lowest BCUT2D eigenvalue weighted by atomic mass is 9.91. The summed E-state index contributed by atoms with van der Waals surface area (Å²) in [5, 5.41) is 5.81. The van der Waals surface area contributed by atoms with Crippen LogP contribution in [0.1, 0.15) is 101 Å². The fourth-order valence-corrected chi connectivity index (χ4v) is 5.34. The molecule has 2 aromatic carbocycles. The molecule has 242 valence electrons. The predicted octanol–water partition coefficient (Wildman–Crippen LogP) is 6.41. The molecule has 4 amide bonds. The minimum Gasteiger partial charge on any atom is -0.444 e. The van der Waals surface area contributed by atoms with Crippen LogP contribution in [-0.4, -0.2) is 46.4 Å². The van der Waals surface area contributed by atoms with Gasteiger partial charge in [-0.05, 0) is 108 Å². The third-order valence-electron chi connectivity index (χ3n) is 7.63. The molecule has 44 heavy (non-hydrogen) atoms. The maximum Gasteiger partial charge on any atom is 0.408 e. The second-order valence-corrected chi connectivity index (χ2v) is 13.2. The number of nitrogens with two attached hydrogens (primary N) is 1. The Morgan fingerprint density at radius 3 is 1.84 bits per heavy atom. The number of benzene rings is 2. The van der Waals surface area contributed by atoms with E-state index in [1.165, 1.54) is 0 Å². The molecule has 0 saturated heterocycles. The molecule has 2 rings (SSSR count). The summed E-state index contributed by atoms with van der Waals surface area (Å²) in [6.07, 6.45) is 0.464. The first-order valence-corrected chi connectivity index (χ1v) is 15.5. The second kappa shape index (κ2) is 15.7. The van der Waals surface area contributed by atoms with Crippen molar-refractivity contribution in [2.45, 2.75) is 119 Å². The van der Waals surface area contributed by atoms with E-state index in [1.807, 2.05) is 71.0 Å². The minimum absolute atomic E-state index is 0.0429. The summed E-state index contributed by atoms with van der Waals surface area (Å²) in [5.74, 6) is -1.09. The first-order chi connectivity index (χ1) is 20.4. The molecule has 0 fully saturated rings. The molecule has 9 heteroatoms. The van der Waals surface area contributed by atoms with Crippen molar-refractivity contribution in [3.05, 3.63) is 64.2 Å². The van der Waals surface area contributed by atoms with Gasteiger partial charge in [-0.15, -0.1) is 0 Å². The zero-order valence-electron chi connectivity index (χ0n) is 28.2. The molecule has 3 unspecified atom stereocenters. The summed E-state index contributed by atoms with van der Waals surface area (Å²) in [7, 11) is 0. The molecule has 0 heterocycles. The number of ether oxygens (including phenoxy) is 1. The molecule has 3 atom stereocenters. The number of nitrogens with one attached hydrogen (secondary N) is 2. The van der Waals surface area contributed by atoms with Gasteiger partial charge in [-0.1, -0.05) is 50.2 Å². The van der Waals surface area contributed by atoms with Crippen LogP contribution in [0.2, 0.25) is 0 Å². The van der Waals surface area contributed by atoms with Crippen LogP contribution in [0, 0.1) is 33.6 Å². The van der Waals surface area contributed by atoms with Gasteiger partial charge in [-0.2, -0.15) is 0 Å². The molecular weight excluding hydrogens is 556 g/mol. The lowest BCUT2D eigenvalue weighted by Gasteiger charge is -2.40. The van der Waals surface area contributed by atoms with Crippen LogP contribution in [0.3, 0.4) is 0 Å². The van der Waals surface area contributed by atoms with Gasteiger partial charge in [-0.3, -0.25) is 14.4 Å². The van der Waals surface area contributed by atoms with Crippen molar-refractivity contribution < 1.29 is 23.9 Å². The maximum atomic E-state index is 14.7. The summed E-state index contributed by atoms with van der Waals surface area (Å²) in [6, 6.07) is 8.97. The van der Waals surface area contributed by atoms with Gasteiger partial charge in [0.1, 0.15) is 17.7 Å². The Morgan fingerprint density at radius 2 is 1.36 bits per heavy atom. The number of rotatable bonds is 13. The van der Waals surface area contributed by atoms with Gasteiger partial charge in [-0.25, -0.2) is 4.79 Å². The van der Waals surface area contributed by atoms with E-state index in [9.17, 15) is 19.2 Å². The number of hydrogen-bond acceptors (Lipinski definition) is 5. The first-order valence-electron chi connectivity index (χ1n) is 15.5. The van der Waals surface area contributed by atoms with E-state index in [-0.39, 0.29) is 18.7 Å². The monoisotopic (exact) mass is 608 g/mol. The highest BCUT2D eigenvalue weighted by molar-refractivity contribution is 6.00. The average Bonchev–Trinajstić information content (AvgIpc) is 2.89. The smallest absolute Gasteiger partial charge is 0.408 e. The number of aryl methyl sites for hydroxylation is 4. The molecule has 0 spiro atoms. The molecule has 9 nitrogen and oxygen atoms in total. The number of anilines is 1. The maximum absolute atomic E-state index is 14.7. The third kappa shape index (κ3) is 10.4. The molecular formula is C35H52N4O5. The van der Waals surface area contributed by atoms with Crippen molar-refractivity contribution >= 4 is 29.5 Å². The lowest BCUT2D eigenvalue weighted by molar-refractivity contribution is -0.143. The summed E-state index contributed by atoms with van der Waals surface area (Å²) in [4.78, 5) is 55.6. The SMILES string of the molecule is Cc1cccc(C)c1NC(=O)C(c1c(C)cccc1C)N(C(=O)C(CCC(N)=O)NC(=O)OC(C)(C)C)C(C)CCC(C)C. The molecule has 2 aromatic rings. The van der Waals surface area contributed by atoms with E-state index in [0.29, 0.717) is 23.6 Å². The Morgan fingerprint density at radius 1 is 0.841 bits per heavy atom. The van der Waals surface area contributed by atoms with Gasteiger partial charge in [0.25, 0.3) is 5.91 Å². The number of alkyl carbamates (subject to hydrolysis) is 1. The van der Waals surface area contributed by atoms with E-state index in [0.717, 1.165) is 28.7 Å². The minimum atomic E-state index is -1.15. The number of hydrogen-bond donors (Lipinski definition) is 3. The normalized spacial score (nSPS) is 13.5.